The predicted molar refractivity (Wildman–Crippen MR) is 28.7 cm³/mol. The molecule has 0 heterocycles. The first kappa shape index (κ1) is 4.96. The summed E-state index contributed by atoms with van der Waals surface area (Å²) in [5.41, 5.74) is 0. The van der Waals surface area contributed by atoms with Crippen molar-refractivity contribution in [3.63, 3.8) is 0 Å². The van der Waals surface area contributed by atoms with Gasteiger partial charge in [-0.25, -0.2) is 0 Å². The fraction of sp³-hybridized carbons (Fsp3) is 0. The molecule has 0 bridgehead atoms. The van der Waals surface area contributed by atoms with Crippen molar-refractivity contribution < 1.29 is 0 Å². The average molecular weight is 157 g/mol. The Balaban J connectivity index is 2.80. The molecule has 0 aliphatic rings. The van der Waals surface area contributed by atoms with Gasteiger partial charge in [0.15, 0.2) is 0 Å². The van der Waals surface area contributed by atoms with Gasteiger partial charge in [-0.15, -0.1) is 0 Å². The van der Waals surface area contributed by atoms with Gasteiger partial charge in [0, 0.05) is 0 Å². The molecule has 0 aromatic rings. The maximum atomic E-state index is 4.37. The van der Waals surface area contributed by atoms with Crippen LogP contribution in [0.25, 0.3) is 0 Å². The van der Waals surface area contributed by atoms with Gasteiger partial charge >= 0.3 is 44.0 Å². The van der Waals surface area contributed by atoms with Gasteiger partial charge in [-0.05, 0) is 0 Å². The number of rotatable bonds is 0. The second kappa shape index (κ2) is 2.21. The van der Waals surface area contributed by atoms with Crippen LogP contribution < -0.4 is 0 Å². The first-order valence-corrected chi connectivity index (χ1v) is 2.45. The molecule has 0 spiro atoms. The van der Waals surface area contributed by atoms with E-state index in [1.165, 1.54) is 0 Å². The molecular weight excluding hydrogens is 155 g/mol. The quantitative estimate of drug-likeness (QED) is 0.295. The molecule has 0 saturated carbocycles. The molecule has 0 aromatic heterocycles. The Hall–Kier alpha value is 0.959. The minimum absolute atomic E-state index is 0.632. The Morgan fingerprint density at radius 2 is 2.00 bits per heavy atom. The molecule has 0 radical (unpaired) electrons. The summed E-state index contributed by atoms with van der Waals surface area (Å²) in [5.74, 6) is 0. The fourth-order valence-electron chi connectivity index (χ4n) is 0. The zero-order valence-corrected chi connectivity index (χ0v) is 5.39. The van der Waals surface area contributed by atoms with E-state index in [1.54, 1.807) is 0 Å². The summed E-state index contributed by atoms with van der Waals surface area (Å²) < 4.78 is 0.632. The van der Waals surface area contributed by atoms with Crippen molar-refractivity contribution in [1.29, 1.82) is 0 Å². The van der Waals surface area contributed by atoms with Crippen molar-refractivity contribution in [2.75, 3.05) is 0 Å². The van der Waals surface area contributed by atoms with Gasteiger partial charge in [0.2, 0.25) is 0 Å². The van der Waals surface area contributed by atoms with E-state index in [-0.39, 0.29) is 0 Å². The van der Waals surface area contributed by atoms with Gasteiger partial charge in [0.25, 0.3) is 0 Å². The Kier molecular flexibility index (Phi) is 2.74. The van der Waals surface area contributed by atoms with Crippen LogP contribution in [0.2, 0.25) is 0 Å². The number of hydrogen-bond donors (Lipinski definition) is 1. The van der Waals surface area contributed by atoms with Crippen LogP contribution in [0, 0.1) is 0 Å². The van der Waals surface area contributed by atoms with Crippen LogP contribution in [-0.2, 0) is 0 Å². The van der Waals surface area contributed by atoms with Crippen molar-refractivity contribution in [3.05, 3.63) is 0 Å². The van der Waals surface area contributed by atoms with E-state index in [0.717, 1.165) is 0 Å². The zero-order valence-electron chi connectivity index (χ0n) is 1.80. The van der Waals surface area contributed by atoms with Crippen LogP contribution in [0.15, 0.2) is 0 Å². The van der Waals surface area contributed by atoms with E-state index in [9.17, 15) is 0 Å². The van der Waals surface area contributed by atoms with Gasteiger partial charge in [0.05, 0.1) is 0 Å². The molecule has 24 valence electrons. The summed E-state index contributed by atoms with van der Waals surface area (Å²) in [5, 5.41) is 0. The van der Waals surface area contributed by atoms with Crippen LogP contribution >= 0.6 is 24.8 Å². The summed E-state index contributed by atoms with van der Waals surface area (Å²) in [6, 6.07) is 0. The maximum absolute atomic E-state index is 4.37. The molecule has 0 N–H and O–H groups in total. The second-order valence-electron chi connectivity index (χ2n) is 0.283. The summed E-state index contributed by atoms with van der Waals surface area (Å²) >= 11 is 10.2. The molecule has 0 amide bonds. The van der Waals surface area contributed by atoms with Crippen molar-refractivity contribution in [2.45, 2.75) is 0 Å². The summed E-state index contributed by atoms with van der Waals surface area (Å²) in [7, 11) is 0. The number of thiocarbonyl (C=S) groups is 1. The molecule has 0 aromatic carbocycles. The zero-order chi connectivity index (χ0) is 3.58. The SMILES string of the molecule is S=C(S)[SeH]. The Morgan fingerprint density at radius 1 is 2.00 bits per heavy atom. The molecule has 4 heavy (non-hydrogen) atoms. The fourth-order valence-corrected chi connectivity index (χ4v) is 0. The summed E-state index contributed by atoms with van der Waals surface area (Å²) in [6.07, 6.45) is 0. The molecule has 0 atom stereocenters. The first-order chi connectivity index (χ1) is 1.73. The van der Waals surface area contributed by atoms with E-state index in [4.69, 9.17) is 0 Å². The monoisotopic (exact) mass is 158 g/mol. The van der Waals surface area contributed by atoms with E-state index in [0.29, 0.717) is 3.10 Å². The third kappa shape index (κ3) is 12.3. The van der Waals surface area contributed by atoms with Gasteiger partial charge < -0.3 is 0 Å². The van der Waals surface area contributed by atoms with Crippen LogP contribution in [0.3, 0.4) is 0 Å². The van der Waals surface area contributed by atoms with Gasteiger partial charge in [0.1, 0.15) is 0 Å². The summed E-state index contributed by atoms with van der Waals surface area (Å²) in [4.78, 5) is 0. The van der Waals surface area contributed by atoms with Crippen molar-refractivity contribution >= 4 is 44.0 Å². The van der Waals surface area contributed by atoms with Crippen LogP contribution in [0.4, 0.5) is 0 Å². The molecule has 0 rings (SSSR count). The molecule has 0 fully saturated rings. The first-order valence-electron chi connectivity index (χ1n) is 0.651. The Morgan fingerprint density at radius 3 is 2.00 bits per heavy atom. The van der Waals surface area contributed by atoms with Crippen LogP contribution in [-0.4, -0.2) is 19.1 Å². The Bertz CT molecular complexity index is 29.0. The second-order valence-corrected chi connectivity index (χ2v) is 3.80. The number of hydrogen-bond acceptors (Lipinski definition) is 1. The topological polar surface area (TPSA) is 0 Å². The normalized spacial score (nSPS) is 6.50. The van der Waals surface area contributed by atoms with Gasteiger partial charge in [-0.3, -0.25) is 0 Å². The van der Waals surface area contributed by atoms with Gasteiger partial charge in [-0.2, -0.15) is 0 Å². The molecule has 0 aliphatic heterocycles. The standard InChI is InChI=1S/CH2S2Se/c2-1(3)4/h(H2,2,3,4). The van der Waals surface area contributed by atoms with Crippen LogP contribution in [0.1, 0.15) is 0 Å². The molecule has 0 unspecified atom stereocenters. The molecule has 3 heteroatoms. The third-order valence-corrected chi connectivity index (χ3v) is 0. The average Bonchev–Trinajstić information content (AvgIpc) is 0.811. The molecule has 0 aliphatic carbocycles. The van der Waals surface area contributed by atoms with Gasteiger partial charge in [-0.1, -0.05) is 0 Å². The molecule has 0 saturated heterocycles. The van der Waals surface area contributed by atoms with Crippen LogP contribution in [0.5, 0.6) is 0 Å². The van der Waals surface area contributed by atoms with Crippen molar-refractivity contribution in [3.8, 4) is 0 Å². The predicted octanol–water partition coefficient (Wildman–Crippen LogP) is 0.102. The Labute approximate surface area is 44.2 Å². The third-order valence-electron chi connectivity index (χ3n) is 0. The molecular formula is CH2S2Se. The number of thiol groups is 1. The molecule has 0 nitrogen and oxygen atoms in total. The van der Waals surface area contributed by atoms with Crippen molar-refractivity contribution in [1.82, 2.24) is 0 Å². The van der Waals surface area contributed by atoms with E-state index >= 15 is 0 Å². The van der Waals surface area contributed by atoms with E-state index < -0.39 is 0 Å². The van der Waals surface area contributed by atoms with E-state index in [1.807, 2.05) is 0 Å². The van der Waals surface area contributed by atoms with Crippen molar-refractivity contribution in [2.24, 2.45) is 0 Å². The minimum atomic E-state index is 0.632. The van der Waals surface area contributed by atoms with E-state index in [2.05, 4.69) is 40.9 Å². The summed E-state index contributed by atoms with van der Waals surface area (Å²) in [6.45, 7) is 0.